The van der Waals surface area contributed by atoms with E-state index < -0.39 is 0 Å². The van der Waals surface area contributed by atoms with Crippen LogP contribution in [0, 0.1) is 0 Å². The van der Waals surface area contributed by atoms with E-state index in [-0.39, 0.29) is 11.9 Å². The molecule has 0 unspecified atom stereocenters. The van der Waals surface area contributed by atoms with Crippen molar-refractivity contribution in [1.29, 1.82) is 0 Å². The van der Waals surface area contributed by atoms with Crippen molar-refractivity contribution in [2.45, 2.75) is 12.5 Å². The lowest BCUT2D eigenvalue weighted by atomic mass is 10.2. The van der Waals surface area contributed by atoms with Crippen LogP contribution in [0.3, 0.4) is 0 Å². The van der Waals surface area contributed by atoms with E-state index in [2.05, 4.69) is 15.3 Å². The summed E-state index contributed by atoms with van der Waals surface area (Å²) in [5.74, 6) is -0.00829. The number of aromatic nitrogens is 4. The molecule has 1 saturated heterocycles. The first-order valence-corrected chi connectivity index (χ1v) is 8.35. The molecule has 1 fully saturated rings. The van der Waals surface area contributed by atoms with Gasteiger partial charge in [0.05, 0.1) is 12.2 Å². The Morgan fingerprint density at radius 2 is 2.13 bits per heavy atom. The molecule has 1 amide bonds. The van der Waals surface area contributed by atoms with Crippen LogP contribution in [0.4, 0.5) is 0 Å². The summed E-state index contributed by atoms with van der Waals surface area (Å²) in [5, 5.41) is 10.6. The summed E-state index contributed by atoms with van der Waals surface area (Å²) in [7, 11) is 0. The maximum Gasteiger partial charge on any atom is 0.273 e. The first kappa shape index (κ1) is 14.1. The van der Waals surface area contributed by atoms with Crippen molar-refractivity contribution < 1.29 is 4.79 Å². The molecule has 1 aliphatic rings. The van der Waals surface area contributed by atoms with Gasteiger partial charge >= 0.3 is 0 Å². The summed E-state index contributed by atoms with van der Waals surface area (Å²) >= 11 is 1.50. The largest absolute Gasteiger partial charge is 0.335 e. The van der Waals surface area contributed by atoms with Gasteiger partial charge in [0.1, 0.15) is 10.7 Å². The summed E-state index contributed by atoms with van der Waals surface area (Å²) < 4.78 is 1.82. The summed E-state index contributed by atoms with van der Waals surface area (Å²) in [6.45, 7) is 1.38. The maximum absolute atomic E-state index is 12.6. The topological polar surface area (TPSA) is 63.9 Å². The molecule has 0 radical (unpaired) electrons. The van der Waals surface area contributed by atoms with Crippen molar-refractivity contribution in [3.05, 3.63) is 53.8 Å². The average molecular weight is 325 g/mol. The normalized spacial score (nSPS) is 17.6. The molecule has 23 heavy (non-hydrogen) atoms. The van der Waals surface area contributed by atoms with Gasteiger partial charge in [0.15, 0.2) is 0 Å². The molecule has 1 atom stereocenters. The standard InChI is InChI=1S/C16H15N5OS/c22-16(20-8-6-13(10-20)21-9-7-17-19-21)14-11-23-15(18-14)12-4-2-1-3-5-12/h1-5,7,9,11,13H,6,8,10H2/t13-/m1/s1. The summed E-state index contributed by atoms with van der Waals surface area (Å²) in [5.41, 5.74) is 1.56. The molecule has 2 aromatic heterocycles. The second kappa shape index (κ2) is 5.92. The Bertz CT molecular complexity index is 799. The smallest absolute Gasteiger partial charge is 0.273 e. The number of hydrogen-bond acceptors (Lipinski definition) is 5. The SMILES string of the molecule is O=C(c1csc(-c2ccccc2)n1)N1CC[C@@H](n2ccnn2)C1. The van der Waals surface area contributed by atoms with Crippen LogP contribution in [-0.4, -0.2) is 43.9 Å². The van der Waals surface area contributed by atoms with Gasteiger partial charge in [-0.25, -0.2) is 9.67 Å². The number of carbonyl (C=O) groups excluding carboxylic acids is 1. The fourth-order valence-electron chi connectivity index (χ4n) is 2.80. The number of amides is 1. The minimum absolute atomic E-state index is 0.00829. The van der Waals surface area contributed by atoms with Crippen LogP contribution in [0.15, 0.2) is 48.1 Å². The lowest BCUT2D eigenvalue weighted by Gasteiger charge is -2.15. The molecule has 3 aromatic rings. The number of hydrogen-bond donors (Lipinski definition) is 0. The zero-order chi connectivity index (χ0) is 15.6. The fraction of sp³-hybridized carbons (Fsp3) is 0.250. The van der Waals surface area contributed by atoms with Gasteiger partial charge in [0.2, 0.25) is 0 Å². The highest BCUT2D eigenvalue weighted by atomic mass is 32.1. The van der Waals surface area contributed by atoms with E-state index in [0.717, 1.165) is 23.5 Å². The predicted molar refractivity (Wildman–Crippen MR) is 87.1 cm³/mol. The Kier molecular flexibility index (Phi) is 3.63. The van der Waals surface area contributed by atoms with Crippen LogP contribution in [0.1, 0.15) is 23.0 Å². The highest BCUT2D eigenvalue weighted by Gasteiger charge is 2.29. The fourth-order valence-corrected chi connectivity index (χ4v) is 3.60. The Morgan fingerprint density at radius 3 is 2.91 bits per heavy atom. The van der Waals surface area contributed by atoms with Gasteiger partial charge in [-0.05, 0) is 6.42 Å². The molecule has 116 valence electrons. The van der Waals surface area contributed by atoms with Crippen molar-refractivity contribution in [3.8, 4) is 10.6 Å². The third-order valence-electron chi connectivity index (χ3n) is 4.01. The van der Waals surface area contributed by atoms with Gasteiger partial charge in [0.25, 0.3) is 5.91 Å². The van der Waals surface area contributed by atoms with Gasteiger partial charge in [-0.15, -0.1) is 16.4 Å². The number of rotatable bonds is 3. The van der Waals surface area contributed by atoms with E-state index in [1.807, 2.05) is 51.5 Å². The molecule has 0 N–H and O–H groups in total. The van der Waals surface area contributed by atoms with E-state index in [9.17, 15) is 4.79 Å². The van der Waals surface area contributed by atoms with E-state index in [1.54, 1.807) is 6.20 Å². The third kappa shape index (κ3) is 2.75. The Labute approximate surface area is 137 Å². The number of benzene rings is 1. The van der Waals surface area contributed by atoms with Gasteiger partial charge in [-0.1, -0.05) is 35.5 Å². The first-order chi connectivity index (χ1) is 11.3. The molecule has 0 bridgehead atoms. The predicted octanol–water partition coefficient (Wildman–Crippen LogP) is 2.49. The highest BCUT2D eigenvalue weighted by molar-refractivity contribution is 7.13. The molecule has 7 heteroatoms. The van der Waals surface area contributed by atoms with Crippen LogP contribution in [0.25, 0.3) is 10.6 Å². The van der Waals surface area contributed by atoms with E-state index in [1.165, 1.54) is 11.3 Å². The zero-order valence-corrected chi connectivity index (χ0v) is 13.2. The van der Waals surface area contributed by atoms with Gasteiger partial charge < -0.3 is 4.90 Å². The van der Waals surface area contributed by atoms with E-state index >= 15 is 0 Å². The minimum atomic E-state index is -0.00829. The summed E-state index contributed by atoms with van der Waals surface area (Å²) in [6.07, 6.45) is 4.40. The van der Waals surface area contributed by atoms with E-state index in [0.29, 0.717) is 12.2 Å². The number of likely N-dealkylation sites (tertiary alicyclic amines) is 1. The molecule has 0 spiro atoms. The van der Waals surface area contributed by atoms with Crippen LogP contribution < -0.4 is 0 Å². The third-order valence-corrected chi connectivity index (χ3v) is 4.90. The van der Waals surface area contributed by atoms with E-state index in [4.69, 9.17) is 0 Å². The first-order valence-electron chi connectivity index (χ1n) is 7.47. The minimum Gasteiger partial charge on any atom is -0.335 e. The Hall–Kier alpha value is -2.54. The molecule has 0 saturated carbocycles. The van der Waals surface area contributed by atoms with Crippen LogP contribution in [0.5, 0.6) is 0 Å². The zero-order valence-electron chi connectivity index (χ0n) is 12.4. The van der Waals surface area contributed by atoms with Gasteiger partial charge in [-0.2, -0.15) is 0 Å². The Morgan fingerprint density at radius 1 is 1.26 bits per heavy atom. The summed E-state index contributed by atoms with van der Waals surface area (Å²) in [6, 6.07) is 10.1. The molecule has 1 aliphatic heterocycles. The van der Waals surface area contributed by atoms with Gasteiger partial charge in [-0.3, -0.25) is 4.79 Å². The number of thiazole rings is 1. The van der Waals surface area contributed by atoms with Crippen LogP contribution >= 0.6 is 11.3 Å². The molecule has 4 rings (SSSR count). The van der Waals surface area contributed by atoms with Crippen LogP contribution in [0.2, 0.25) is 0 Å². The lowest BCUT2D eigenvalue weighted by molar-refractivity contribution is 0.0782. The molecular formula is C16H15N5OS. The maximum atomic E-state index is 12.6. The van der Waals surface area contributed by atoms with Crippen molar-refractivity contribution in [3.63, 3.8) is 0 Å². The van der Waals surface area contributed by atoms with Gasteiger partial charge in [0, 0.05) is 30.2 Å². The van der Waals surface area contributed by atoms with Crippen molar-refractivity contribution >= 4 is 17.2 Å². The molecule has 0 aliphatic carbocycles. The van der Waals surface area contributed by atoms with Crippen molar-refractivity contribution in [2.75, 3.05) is 13.1 Å². The lowest BCUT2D eigenvalue weighted by Crippen LogP contribution is -2.29. The van der Waals surface area contributed by atoms with Crippen molar-refractivity contribution in [1.82, 2.24) is 24.9 Å². The monoisotopic (exact) mass is 325 g/mol. The quantitative estimate of drug-likeness (QED) is 0.742. The molecule has 3 heterocycles. The second-order valence-electron chi connectivity index (χ2n) is 5.48. The molecule has 6 nitrogen and oxygen atoms in total. The highest BCUT2D eigenvalue weighted by Crippen LogP contribution is 2.26. The second-order valence-corrected chi connectivity index (χ2v) is 6.34. The number of nitrogens with zero attached hydrogens (tertiary/aromatic N) is 5. The molecular weight excluding hydrogens is 310 g/mol. The number of carbonyl (C=O) groups is 1. The average Bonchev–Trinajstić information content (AvgIpc) is 3.35. The van der Waals surface area contributed by atoms with Crippen molar-refractivity contribution in [2.24, 2.45) is 0 Å². The Balaban J connectivity index is 1.49. The summed E-state index contributed by atoms with van der Waals surface area (Å²) in [4.78, 5) is 19.0. The molecule has 1 aromatic carbocycles. The van der Waals surface area contributed by atoms with Crippen LogP contribution in [-0.2, 0) is 0 Å².